The fourth-order valence-electron chi connectivity index (χ4n) is 3.54. The number of aromatic nitrogens is 1. The molecule has 4 nitrogen and oxygen atoms in total. The molecule has 1 N–H and O–H groups in total. The van der Waals surface area contributed by atoms with Crippen LogP contribution in [0.15, 0.2) is 12.3 Å². The maximum absolute atomic E-state index is 9.17. The minimum atomic E-state index is 0.0710. The molecule has 104 valence electrons. The first-order chi connectivity index (χ1) is 9.19. The third kappa shape index (κ3) is 2.35. The van der Waals surface area contributed by atoms with Gasteiger partial charge in [0.25, 0.3) is 0 Å². The van der Waals surface area contributed by atoms with Crippen molar-refractivity contribution in [2.45, 2.75) is 44.9 Å². The summed E-state index contributed by atoms with van der Waals surface area (Å²) >= 11 is 0. The summed E-state index contributed by atoms with van der Waals surface area (Å²) in [5.74, 6) is 1.10. The monoisotopic (exact) mass is 261 g/mol. The number of hydrogen-bond acceptors (Lipinski definition) is 4. The summed E-state index contributed by atoms with van der Waals surface area (Å²) in [5.41, 5.74) is 2.07. The molecule has 2 saturated heterocycles. The molecule has 2 bridgehead atoms. The van der Waals surface area contributed by atoms with Gasteiger partial charge in [0.05, 0.1) is 6.61 Å². The van der Waals surface area contributed by atoms with Crippen LogP contribution < -0.4 is 4.90 Å². The predicted molar refractivity (Wildman–Crippen MR) is 76.3 cm³/mol. The van der Waals surface area contributed by atoms with Crippen LogP contribution in [0.1, 0.15) is 30.4 Å². The van der Waals surface area contributed by atoms with E-state index in [0.29, 0.717) is 6.04 Å². The third-order valence-corrected chi connectivity index (χ3v) is 4.74. The van der Waals surface area contributed by atoms with Crippen LogP contribution in [-0.4, -0.2) is 47.2 Å². The standard InChI is InChI=1S/C15H23N3O/c1-11-7-12(10-19)8-16-15(11)18-6-5-13-3-4-14(9-18)17(13)2/h7-8,13-14,19H,3-6,9-10H2,1-2H3. The molecule has 2 fully saturated rings. The molecule has 1 aromatic rings. The van der Waals surface area contributed by atoms with Crippen LogP contribution in [0.5, 0.6) is 0 Å². The van der Waals surface area contributed by atoms with Crippen LogP contribution in [0.25, 0.3) is 0 Å². The van der Waals surface area contributed by atoms with Gasteiger partial charge in [-0.15, -0.1) is 0 Å². The lowest BCUT2D eigenvalue weighted by Gasteiger charge is -2.28. The second-order valence-corrected chi connectivity index (χ2v) is 5.93. The maximum Gasteiger partial charge on any atom is 0.131 e. The van der Waals surface area contributed by atoms with E-state index in [-0.39, 0.29) is 6.61 Å². The Hall–Kier alpha value is -1.13. The lowest BCUT2D eigenvalue weighted by molar-refractivity contribution is 0.254. The number of rotatable bonds is 2. The van der Waals surface area contributed by atoms with Crippen molar-refractivity contribution in [3.05, 3.63) is 23.4 Å². The van der Waals surface area contributed by atoms with Crippen molar-refractivity contribution in [1.82, 2.24) is 9.88 Å². The van der Waals surface area contributed by atoms with Gasteiger partial charge >= 0.3 is 0 Å². The van der Waals surface area contributed by atoms with Gasteiger partial charge in [0.1, 0.15) is 5.82 Å². The van der Waals surface area contributed by atoms with Gasteiger partial charge in [0.2, 0.25) is 0 Å². The number of aryl methyl sites for hydroxylation is 1. The molecule has 0 aliphatic carbocycles. The molecule has 0 saturated carbocycles. The molecule has 19 heavy (non-hydrogen) atoms. The summed E-state index contributed by atoms with van der Waals surface area (Å²) in [6.07, 6.45) is 5.70. The zero-order chi connectivity index (χ0) is 13.4. The Kier molecular flexibility index (Phi) is 3.46. The van der Waals surface area contributed by atoms with E-state index in [4.69, 9.17) is 5.11 Å². The summed E-state index contributed by atoms with van der Waals surface area (Å²) in [6.45, 7) is 4.34. The zero-order valence-corrected chi connectivity index (χ0v) is 11.8. The molecular weight excluding hydrogens is 238 g/mol. The van der Waals surface area contributed by atoms with Gasteiger partial charge in [-0.2, -0.15) is 0 Å². The van der Waals surface area contributed by atoms with Crippen molar-refractivity contribution in [1.29, 1.82) is 0 Å². The van der Waals surface area contributed by atoms with Gasteiger partial charge in [-0.25, -0.2) is 4.98 Å². The number of fused-ring (bicyclic) bond motifs is 2. The van der Waals surface area contributed by atoms with Gasteiger partial charge in [-0.05, 0) is 50.4 Å². The largest absolute Gasteiger partial charge is 0.392 e. The van der Waals surface area contributed by atoms with Gasteiger partial charge < -0.3 is 10.0 Å². The van der Waals surface area contributed by atoms with Gasteiger partial charge in [-0.3, -0.25) is 4.90 Å². The fraction of sp³-hybridized carbons (Fsp3) is 0.667. The van der Waals surface area contributed by atoms with E-state index >= 15 is 0 Å². The summed E-state index contributed by atoms with van der Waals surface area (Å²) in [4.78, 5) is 9.55. The van der Waals surface area contributed by atoms with Crippen LogP contribution >= 0.6 is 0 Å². The summed E-state index contributed by atoms with van der Waals surface area (Å²) in [6, 6.07) is 3.48. The molecule has 2 aliphatic heterocycles. The number of pyridine rings is 1. The molecular formula is C15H23N3O. The molecule has 2 aliphatic rings. The first kappa shape index (κ1) is 12.9. The zero-order valence-electron chi connectivity index (χ0n) is 11.8. The van der Waals surface area contributed by atoms with Crippen LogP contribution in [0.4, 0.5) is 5.82 Å². The number of anilines is 1. The topological polar surface area (TPSA) is 39.6 Å². The van der Waals surface area contributed by atoms with Crippen molar-refractivity contribution in [3.63, 3.8) is 0 Å². The molecule has 3 rings (SSSR count). The van der Waals surface area contributed by atoms with Crippen molar-refractivity contribution < 1.29 is 5.11 Å². The van der Waals surface area contributed by atoms with Gasteiger partial charge in [0.15, 0.2) is 0 Å². The average Bonchev–Trinajstić information content (AvgIpc) is 2.64. The van der Waals surface area contributed by atoms with Gasteiger partial charge in [-0.1, -0.05) is 0 Å². The summed E-state index contributed by atoms with van der Waals surface area (Å²) in [5, 5.41) is 9.17. The smallest absolute Gasteiger partial charge is 0.131 e. The lowest BCUT2D eigenvalue weighted by Crippen LogP contribution is -2.37. The number of hydrogen-bond donors (Lipinski definition) is 1. The number of aliphatic hydroxyl groups excluding tert-OH is 1. The first-order valence-corrected chi connectivity index (χ1v) is 7.22. The van der Waals surface area contributed by atoms with Crippen molar-refractivity contribution in [2.24, 2.45) is 0 Å². The Bertz CT molecular complexity index is 463. The van der Waals surface area contributed by atoms with E-state index < -0.39 is 0 Å². The molecule has 0 aromatic carbocycles. The minimum absolute atomic E-state index is 0.0710. The Morgan fingerprint density at radius 1 is 1.32 bits per heavy atom. The highest BCUT2D eigenvalue weighted by Crippen LogP contribution is 2.31. The Labute approximate surface area is 115 Å². The van der Waals surface area contributed by atoms with Crippen molar-refractivity contribution in [3.8, 4) is 0 Å². The van der Waals surface area contributed by atoms with E-state index in [1.165, 1.54) is 24.8 Å². The van der Waals surface area contributed by atoms with E-state index in [0.717, 1.165) is 30.5 Å². The first-order valence-electron chi connectivity index (χ1n) is 7.22. The Morgan fingerprint density at radius 2 is 2.11 bits per heavy atom. The molecule has 4 heteroatoms. The molecule has 2 unspecified atom stereocenters. The maximum atomic E-state index is 9.17. The molecule has 3 heterocycles. The van der Waals surface area contributed by atoms with E-state index in [2.05, 4.69) is 34.8 Å². The highest BCUT2D eigenvalue weighted by molar-refractivity contribution is 5.48. The predicted octanol–water partition coefficient (Wildman–Crippen LogP) is 1.56. The van der Waals surface area contributed by atoms with Crippen LogP contribution in [0, 0.1) is 6.92 Å². The van der Waals surface area contributed by atoms with Crippen molar-refractivity contribution in [2.75, 3.05) is 25.0 Å². The van der Waals surface area contributed by atoms with E-state index in [9.17, 15) is 0 Å². The third-order valence-electron chi connectivity index (χ3n) is 4.74. The molecule has 0 spiro atoms. The van der Waals surface area contributed by atoms with Crippen LogP contribution in [0.3, 0.4) is 0 Å². The molecule has 0 radical (unpaired) electrons. The minimum Gasteiger partial charge on any atom is -0.392 e. The fourth-order valence-corrected chi connectivity index (χ4v) is 3.54. The van der Waals surface area contributed by atoms with Crippen LogP contribution in [0.2, 0.25) is 0 Å². The normalized spacial score (nSPS) is 27.6. The molecule has 1 aromatic heterocycles. The Morgan fingerprint density at radius 3 is 2.84 bits per heavy atom. The molecule has 2 atom stereocenters. The summed E-state index contributed by atoms with van der Waals surface area (Å²) in [7, 11) is 2.26. The number of likely N-dealkylation sites (N-methyl/N-ethyl adjacent to an activating group) is 1. The second kappa shape index (κ2) is 5.10. The lowest BCUT2D eigenvalue weighted by atomic mass is 10.1. The highest BCUT2D eigenvalue weighted by atomic mass is 16.3. The highest BCUT2D eigenvalue weighted by Gasteiger charge is 2.35. The SMILES string of the molecule is Cc1cc(CO)cnc1N1CCC2CCC(C1)N2C. The Balaban J connectivity index is 1.82. The number of aliphatic hydroxyl groups is 1. The quantitative estimate of drug-likeness (QED) is 0.877. The number of nitrogens with zero attached hydrogens (tertiary/aromatic N) is 3. The van der Waals surface area contributed by atoms with Crippen LogP contribution in [-0.2, 0) is 6.61 Å². The summed E-state index contributed by atoms with van der Waals surface area (Å²) < 4.78 is 0. The van der Waals surface area contributed by atoms with Crippen molar-refractivity contribution >= 4 is 5.82 Å². The average molecular weight is 261 g/mol. The van der Waals surface area contributed by atoms with E-state index in [1.54, 1.807) is 6.20 Å². The second-order valence-electron chi connectivity index (χ2n) is 5.93. The molecule has 0 amide bonds. The van der Waals surface area contributed by atoms with Gasteiger partial charge in [0, 0.05) is 31.4 Å². The van der Waals surface area contributed by atoms with E-state index in [1.807, 2.05) is 0 Å².